The van der Waals surface area contributed by atoms with E-state index in [1.807, 2.05) is 0 Å². The highest BCUT2D eigenvalue weighted by atomic mass is 32.2. The molecule has 1 unspecified atom stereocenters. The van der Waals surface area contributed by atoms with Crippen molar-refractivity contribution in [2.24, 2.45) is 0 Å². The Bertz CT molecular complexity index is 922. The second-order valence-corrected chi connectivity index (χ2v) is 6.97. The molecular formula is C17H13F3N4O3S. The zero-order valence-electron chi connectivity index (χ0n) is 14.0. The number of carbonyl (C=O) groups excluding carboxylic acids is 3. The van der Waals surface area contributed by atoms with E-state index >= 15 is 0 Å². The highest BCUT2D eigenvalue weighted by molar-refractivity contribution is 8.01. The summed E-state index contributed by atoms with van der Waals surface area (Å²) in [6, 6.07) is 7.70. The van der Waals surface area contributed by atoms with E-state index in [9.17, 15) is 27.6 Å². The van der Waals surface area contributed by atoms with E-state index in [4.69, 9.17) is 0 Å². The topological polar surface area (TPSA) is 100 Å². The largest absolute Gasteiger partial charge is 0.416 e. The number of halogens is 3. The number of alkyl halides is 3. The minimum absolute atomic E-state index is 0.0462. The Kier molecular flexibility index (Phi) is 5.54. The van der Waals surface area contributed by atoms with E-state index in [0.29, 0.717) is 4.90 Å². The summed E-state index contributed by atoms with van der Waals surface area (Å²) in [7, 11) is 0. The summed E-state index contributed by atoms with van der Waals surface area (Å²) in [5.41, 5.74) is 3.63. The molecule has 0 saturated heterocycles. The molecule has 3 N–H and O–H groups in total. The fraction of sp³-hybridized carbons (Fsp3) is 0.176. The van der Waals surface area contributed by atoms with Gasteiger partial charge in [0.05, 0.1) is 16.5 Å². The standard InChI is InChI=1S/C17H13F3N4O3S/c18-17(19,20)9-4-5-12-11(7-9)22-16(27)13(28-12)8-14(25)23-24-15(26)10-3-1-2-6-21-10/h1-7,13H,8H2,(H,22,27)(H,23,25)(H,24,26). The van der Waals surface area contributed by atoms with Crippen LogP contribution in [-0.2, 0) is 15.8 Å². The summed E-state index contributed by atoms with van der Waals surface area (Å²) in [6.07, 6.45) is -3.38. The predicted octanol–water partition coefficient (Wildman–Crippen LogP) is 2.36. The third kappa shape index (κ3) is 4.60. The van der Waals surface area contributed by atoms with Gasteiger partial charge in [0.25, 0.3) is 5.91 Å². The Morgan fingerprint density at radius 1 is 1.18 bits per heavy atom. The monoisotopic (exact) mass is 410 g/mol. The maximum Gasteiger partial charge on any atom is 0.416 e. The van der Waals surface area contributed by atoms with Gasteiger partial charge in [-0.25, -0.2) is 0 Å². The highest BCUT2D eigenvalue weighted by Gasteiger charge is 2.34. The Labute approximate surface area is 161 Å². The Balaban J connectivity index is 1.59. The van der Waals surface area contributed by atoms with Crippen LogP contribution in [0.1, 0.15) is 22.5 Å². The lowest BCUT2D eigenvalue weighted by Gasteiger charge is -2.24. The number of amides is 3. The molecule has 1 aromatic carbocycles. The number of nitrogens with zero attached hydrogens (tertiary/aromatic N) is 1. The highest BCUT2D eigenvalue weighted by Crippen LogP contribution is 2.40. The van der Waals surface area contributed by atoms with E-state index in [2.05, 4.69) is 21.2 Å². The first-order valence-corrected chi connectivity index (χ1v) is 8.81. The minimum atomic E-state index is -4.52. The second-order valence-electron chi connectivity index (χ2n) is 5.73. The zero-order chi connectivity index (χ0) is 20.3. The summed E-state index contributed by atoms with van der Waals surface area (Å²) < 4.78 is 38.3. The van der Waals surface area contributed by atoms with E-state index in [-0.39, 0.29) is 17.8 Å². The Hall–Kier alpha value is -3.08. The first kappa shape index (κ1) is 19.7. The summed E-state index contributed by atoms with van der Waals surface area (Å²) in [6.45, 7) is 0. The van der Waals surface area contributed by atoms with Gasteiger partial charge in [-0.15, -0.1) is 11.8 Å². The number of hydrogen-bond donors (Lipinski definition) is 3. The van der Waals surface area contributed by atoms with Crippen LogP contribution in [0.25, 0.3) is 0 Å². The third-order valence-corrected chi connectivity index (χ3v) is 4.99. The van der Waals surface area contributed by atoms with Gasteiger partial charge in [-0.3, -0.25) is 30.2 Å². The predicted molar refractivity (Wildman–Crippen MR) is 94.2 cm³/mol. The number of rotatable bonds is 3. The first-order chi connectivity index (χ1) is 13.2. The van der Waals surface area contributed by atoms with Crippen molar-refractivity contribution in [1.82, 2.24) is 15.8 Å². The fourth-order valence-electron chi connectivity index (χ4n) is 2.37. The van der Waals surface area contributed by atoms with E-state index in [1.54, 1.807) is 12.1 Å². The van der Waals surface area contributed by atoms with Crippen LogP contribution < -0.4 is 16.2 Å². The lowest BCUT2D eigenvalue weighted by atomic mass is 10.1. The number of nitrogens with one attached hydrogen (secondary N) is 3. The van der Waals surface area contributed by atoms with Crippen molar-refractivity contribution in [2.75, 3.05) is 5.32 Å². The van der Waals surface area contributed by atoms with E-state index in [0.717, 1.165) is 23.9 Å². The summed E-state index contributed by atoms with van der Waals surface area (Å²) >= 11 is 0.978. The molecule has 1 aromatic heterocycles. The fourth-order valence-corrected chi connectivity index (χ4v) is 3.46. The van der Waals surface area contributed by atoms with Gasteiger partial charge in [-0.05, 0) is 30.3 Å². The van der Waals surface area contributed by atoms with Crippen molar-refractivity contribution in [3.63, 3.8) is 0 Å². The van der Waals surface area contributed by atoms with E-state index in [1.165, 1.54) is 18.3 Å². The average molecular weight is 410 g/mol. The van der Waals surface area contributed by atoms with Gasteiger partial charge in [0.2, 0.25) is 11.8 Å². The van der Waals surface area contributed by atoms with Gasteiger partial charge in [-0.1, -0.05) is 6.07 Å². The van der Waals surface area contributed by atoms with Gasteiger partial charge >= 0.3 is 6.18 Å². The lowest BCUT2D eigenvalue weighted by Crippen LogP contribution is -2.44. The van der Waals surface area contributed by atoms with Crippen LogP contribution in [0.2, 0.25) is 0 Å². The summed E-state index contributed by atoms with van der Waals surface area (Å²) in [5, 5.41) is 1.53. The molecule has 0 spiro atoms. The average Bonchev–Trinajstić information content (AvgIpc) is 2.66. The molecule has 3 rings (SSSR count). The molecule has 1 atom stereocenters. The summed E-state index contributed by atoms with van der Waals surface area (Å²) in [5.74, 6) is -1.85. The first-order valence-electron chi connectivity index (χ1n) is 7.93. The maximum atomic E-state index is 12.8. The van der Waals surface area contributed by atoms with Gasteiger partial charge in [0.15, 0.2) is 0 Å². The van der Waals surface area contributed by atoms with Gasteiger partial charge < -0.3 is 5.32 Å². The van der Waals surface area contributed by atoms with Crippen LogP contribution in [0.15, 0.2) is 47.5 Å². The van der Waals surface area contributed by atoms with Crippen LogP contribution in [0.5, 0.6) is 0 Å². The molecule has 7 nitrogen and oxygen atoms in total. The zero-order valence-corrected chi connectivity index (χ0v) is 14.9. The smallest absolute Gasteiger partial charge is 0.324 e. The molecule has 0 bridgehead atoms. The third-order valence-electron chi connectivity index (χ3n) is 3.71. The van der Waals surface area contributed by atoms with Crippen molar-refractivity contribution >= 4 is 35.2 Å². The number of carbonyl (C=O) groups is 3. The molecule has 0 saturated carbocycles. The molecule has 2 aromatic rings. The number of benzene rings is 1. The maximum absolute atomic E-state index is 12.8. The van der Waals surface area contributed by atoms with E-state index < -0.39 is 34.7 Å². The molecule has 1 aliphatic rings. The molecule has 28 heavy (non-hydrogen) atoms. The van der Waals surface area contributed by atoms with Crippen molar-refractivity contribution in [3.8, 4) is 0 Å². The number of thioether (sulfide) groups is 1. The summed E-state index contributed by atoms with van der Waals surface area (Å²) in [4.78, 5) is 40.2. The van der Waals surface area contributed by atoms with Crippen LogP contribution in [0, 0.1) is 0 Å². The van der Waals surface area contributed by atoms with Gasteiger partial charge in [-0.2, -0.15) is 13.2 Å². The van der Waals surface area contributed by atoms with Crippen molar-refractivity contribution in [3.05, 3.63) is 53.9 Å². The van der Waals surface area contributed by atoms with Crippen LogP contribution in [-0.4, -0.2) is 28.0 Å². The molecule has 0 radical (unpaired) electrons. The SMILES string of the molecule is O=C(CC1Sc2ccc(C(F)(F)F)cc2NC1=O)NNC(=O)c1ccccn1. The molecule has 0 fully saturated rings. The number of fused-ring (bicyclic) bond motifs is 1. The van der Waals surface area contributed by atoms with Crippen LogP contribution in [0.3, 0.4) is 0 Å². The van der Waals surface area contributed by atoms with Crippen LogP contribution >= 0.6 is 11.8 Å². The quantitative estimate of drug-likeness (QED) is 0.675. The molecule has 11 heteroatoms. The molecule has 1 aliphatic heterocycles. The van der Waals surface area contributed by atoms with Crippen molar-refractivity contribution in [2.45, 2.75) is 22.7 Å². The van der Waals surface area contributed by atoms with Gasteiger partial charge in [0.1, 0.15) is 5.69 Å². The normalized spacial score (nSPS) is 16.0. The molecular weight excluding hydrogens is 397 g/mol. The molecule has 0 aliphatic carbocycles. The number of anilines is 1. The molecule has 3 amide bonds. The molecule has 2 heterocycles. The molecule has 146 valence electrons. The van der Waals surface area contributed by atoms with Crippen molar-refractivity contribution in [1.29, 1.82) is 0 Å². The number of pyridine rings is 1. The second kappa shape index (κ2) is 7.89. The number of aromatic nitrogens is 1. The lowest BCUT2D eigenvalue weighted by molar-refractivity contribution is -0.137. The van der Waals surface area contributed by atoms with Crippen molar-refractivity contribution < 1.29 is 27.6 Å². The number of hydrazine groups is 1. The Morgan fingerprint density at radius 3 is 2.64 bits per heavy atom. The van der Waals surface area contributed by atoms with Crippen LogP contribution in [0.4, 0.5) is 18.9 Å². The Morgan fingerprint density at radius 2 is 1.96 bits per heavy atom. The van der Waals surface area contributed by atoms with Gasteiger partial charge in [0, 0.05) is 17.5 Å². The minimum Gasteiger partial charge on any atom is -0.324 e. The number of hydrogen-bond acceptors (Lipinski definition) is 5.